The molecule has 1 aliphatic carbocycles. The topological polar surface area (TPSA) is 123 Å². The van der Waals surface area contributed by atoms with Crippen LogP contribution in [0.25, 0.3) is 11.0 Å². The van der Waals surface area contributed by atoms with Gasteiger partial charge in [0.25, 0.3) is 11.5 Å². The predicted octanol–water partition coefficient (Wildman–Crippen LogP) is 1.96. The van der Waals surface area contributed by atoms with Crippen molar-refractivity contribution >= 4 is 16.9 Å². The Morgan fingerprint density at radius 3 is 2.74 bits per heavy atom. The number of hydrogen-bond donors (Lipinski definition) is 2. The highest BCUT2D eigenvalue weighted by atomic mass is 16.1. The van der Waals surface area contributed by atoms with Crippen molar-refractivity contribution < 1.29 is 4.79 Å². The van der Waals surface area contributed by atoms with Crippen LogP contribution < -0.4 is 11.3 Å². The molecule has 2 atom stereocenters. The van der Waals surface area contributed by atoms with E-state index in [9.17, 15) is 9.59 Å². The van der Waals surface area contributed by atoms with Gasteiger partial charge in [-0.05, 0) is 30.4 Å². The van der Waals surface area contributed by atoms with Crippen LogP contribution in [-0.2, 0) is 6.54 Å². The Morgan fingerprint density at radius 2 is 2.03 bits per heavy atom. The van der Waals surface area contributed by atoms with Crippen LogP contribution in [0.2, 0.25) is 0 Å². The fourth-order valence-electron chi connectivity index (χ4n) is 5.02. The first-order chi connectivity index (χ1) is 15.0. The first-order valence-corrected chi connectivity index (χ1v) is 10.9. The molecule has 1 aliphatic heterocycles. The zero-order valence-electron chi connectivity index (χ0n) is 17.6. The summed E-state index contributed by atoms with van der Waals surface area (Å²) in [5.41, 5.74) is 7.16. The molecule has 0 spiro atoms. The molecule has 3 aromatic rings. The van der Waals surface area contributed by atoms with Crippen molar-refractivity contribution in [3.8, 4) is 0 Å². The summed E-state index contributed by atoms with van der Waals surface area (Å²) in [5, 5.41) is 5.07. The van der Waals surface area contributed by atoms with Gasteiger partial charge >= 0.3 is 0 Å². The summed E-state index contributed by atoms with van der Waals surface area (Å²) in [7, 11) is 0. The largest absolute Gasteiger partial charge is 0.364 e. The van der Waals surface area contributed by atoms with Crippen LogP contribution >= 0.6 is 0 Å². The highest BCUT2D eigenvalue weighted by Crippen LogP contribution is 2.33. The maximum Gasteiger partial charge on any atom is 0.267 e. The Bertz CT molecular complexity index is 1160. The zero-order chi connectivity index (χ0) is 21.5. The fraction of sp³-hybridized carbons (Fsp3) is 0.500. The maximum atomic E-state index is 12.7. The number of fused-ring (bicyclic) bond motifs is 1. The van der Waals surface area contributed by atoms with Crippen LogP contribution in [0.3, 0.4) is 0 Å². The normalized spacial score (nSPS) is 22.5. The number of likely N-dealkylation sites (tertiary alicyclic amines) is 1. The number of hydrogen-bond acceptors (Lipinski definition) is 6. The first kappa shape index (κ1) is 19.9. The molecule has 2 unspecified atom stereocenters. The lowest BCUT2D eigenvalue weighted by Gasteiger charge is -2.16. The van der Waals surface area contributed by atoms with E-state index in [1.54, 1.807) is 18.5 Å². The van der Waals surface area contributed by atoms with E-state index in [1.165, 1.54) is 12.8 Å². The third-order valence-electron chi connectivity index (χ3n) is 6.67. The van der Waals surface area contributed by atoms with Gasteiger partial charge < -0.3 is 10.7 Å². The second kappa shape index (κ2) is 7.88. The Hall–Kier alpha value is -3.07. The van der Waals surface area contributed by atoms with E-state index in [0.717, 1.165) is 43.9 Å². The highest BCUT2D eigenvalue weighted by Gasteiger charge is 2.33. The summed E-state index contributed by atoms with van der Waals surface area (Å²) in [4.78, 5) is 38.3. The third-order valence-corrected chi connectivity index (χ3v) is 6.67. The molecule has 0 bridgehead atoms. The molecular weight excluding hydrogens is 394 g/mol. The number of primary amides is 1. The minimum absolute atomic E-state index is 0.110. The summed E-state index contributed by atoms with van der Waals surface area (Å²) >= 11 is 0. The SMILES string of the molecule is CC1CN(Cc2ccc(C(N)=O)nc2)CC1c1nc2c(cnn2C2CCCC2)c(=O)[nH]1. The van der Waals surface area contributed by atoms with Crippen LogP contribution in [0.4, 0.5) is 0 Å². The molecule has 9 heteroatoms. The Labute approximate surface area is 179 Å². The lowest BCUT2D eigenvalue weighted by Crippen LogP contribution is -2.22. The summed E-state index contributed by atoms with van der Waals surface area (Å²) in [6.07, 6.45) is 7.94. The van der Waals surface area contributed by atoms with Crippen molar-refractivity contribution in [1.29, 1.82) is 0 Å². The average molecular weight is 422 g/mol. The zero-order valence-corrected chi connectivity index (χ0v) is 17.6. The van der Waals surface area contributed by atoms with Gasteiger partial charge in [0.15, 0.2) is 5.65 Å². The summed E-state index contributed by atoms with van der Waals surface area (Å²) in [6, 6.07) is 3.89. The summed E-state index contributed by atoms with van der Waals surface area (Å²) in [5.74, 6) is 0.710. The second-order valence-electron chi connectivity index (χ2n) is 8.91. The van der Waals surface area contributed by atoms with Crippen LogP contribution in [0.15, 0.2) is 29.3 Å². The van der Waals surface area contributed by atoms with Crippen LogP contribution in [0.1, 0.15) is 66.4 Å². The molecule has 2 aliphatic rings. The molecule has 1 amide bonds. The van der Waals surface area contributed by atoms with E-state index in [-0.39, 0.29) is 17.2 Å². The van der Waals surface area contributed by atoms with E-state index >= 15 is 0 Å². The van der Waals surface area contributed by atoms with Gasteiger partial charge in [-0.3, -0.25) is 19.5 Å². The number of aromatic amines is 1. The number of nitrogens with one attached hydrogen (secondary N) is 1. The number of pyridine rings is 1. The Balaban J connectivity index is 1.38. The van der Waals surface area contributed by atoms with Gasteiger partial charge in [-0.2, -0.15) is 5.10 Å². The number of amides is 1. The van der Waals surface area contributed by atoms with E-state index in [2.05, 4.69) is 26.9 Å². The van der Waals surface area contributed by atoms with Crippen molar-refractivity contribution in [2.75, 3.05) is 13.1 Å². The number of H-pyrrole nitrogens is 1. The lowest BCUT2D eigenvalue weighted by molar-refractivity contribution is 0.0995. The number of carbonyl (C=O) groups excluding carboxylic acids is 1. The maximum absolute atomic E-state index is 12.7. The van der Waals surface area contributed by atoms with E-state index in [4.69, 9.17) is 10.7 Å². The number of nitrogens with two attached hydrogens (primary N) is 1. The fourth-order valence-corrected chi connectivity index (χ4v) is 5.02. The van der Waals surface area contributed by atoms with Gasteiger partial charge in [0.1, 0.15) is 16.9 Å². The van der Waals surface area contributed by atoms with Gasteiger partial charge in [0.2, 0.25) is 0 Å². The van der Waals surface area contributed by atoms with Gasteiger partial charge in [0.05, 0.1) is 12.2 Å². The van der Waals surface area contributed by atoms with Gasteiger partial charge in [-0.25, -0.2) is 9.67 Å². The minimum atomic E-state index is -0.524. The molecule has 162 valence electrons. The third kappa shape index (κ3) is 3.74. The highest BCUT2D eigenvalue weighted by molar-refractivity contribution is 5.90. The smallest absolute Gasteiger partial charge is 0.267 e. The quantitative estimate of drug-likeness (QED) is 0.649. The predicted molar refractivity (Wildman–Crippen MR) is 116 cm³/mol. The molecular formula is C22H27N7O2. The second-order valence-corrected chi connectivity index (χ2v) is 8.91. The molecule has 2 fully saturated rings. The minimum Gasteiger partial charge on any atom is -0.364 e. The molecule has 1 saturated heterocycles. The summed E-state index contributed by atoms with van der Waals surface area (Å²) in [6.45, 7) is 4.60. The van der Waals surface area contributed by atoms with Crippen LogP contribution in [-0.4, -0.2) is 48.6 Å². The average Bonchev–Trinajstić information content (AvgIpc) is 3.48. The van der Waals surface area contributed by atoms with Crippen molar-refractivity contribution in [3.63, 3.8) is 0 Å². The van der Waals surface area contributed by atoms with Crippen molar-refractivity contribution in [3.05, 3.63) is 52.0 Å². The standard InChI is InChI=1S/C22H27N7O2/c1-13-10-28(11-14-6-7-18(19(23)30)24-8-14)12-17(13)20-26-21-16(22(31)27-20)9-25-29(21)15-4-2-3-5-15/h6-9,13,15,17H,2-5,10-12H2,1H3,(H2,23,30)(H,26,27,31). The molecule has 9 nitrogen and oxygen atoms in total. The molecule has 1 saturated carbocycles. The molecule has 5 rings (SSSR count). The van der Waals surface area contributed by atoms with Crippen molar-refractivity contribution in [2.24, 2.45) is 11.7 Å². The molecule has 0 aromatic carbocycles. The van der Waals surface area contributed by atoms with Crippen molar-refractivity contribution in [1.82, 2.24) is 29.6 Å². The van der Waals surface area contributed by atoms with E-state index in [0.29, 0.717) is 23.0 Å². The van der Waals surface area contributed by atoms with Crippen molar-refractivity contribution in [2.45, 2.75) is 51.1 Å². The van der Waals surface area contributed by atoms with Crippen LogP contribution in [0.5, 0.6) is 0 Å². The lowest BCUT2D eigenvalue weighted by atomic mass is 9.97. The molecule has 3 aromatic heterocycles. The number of aromatic nitrogens is 5. The Kier molecular flexibility index (Phi) is 5.05. The first-order valence-electron chi connectivity index (χ1n) is 10.9. The molecule has 0 radical (unpaired) electrons. The molecule has 31 heavy (non-hydrogen) atoms. The van der Waals surface area contributed by atoms with E-state index in [1.807, 2.05) is 10.7 Å². The van der Waals surface area contributed by atoms with Gasteiger partial charge in [0, 0.05) is 31.7 Å². The number of rotatable bonds is 5. The molecule has 3 N–H and O–H groups in total. The van der Waals surface area contributed by atoms with Gasteiger partial charge in [-0.1, -0.05) is 25.8 Å². The van der Waals surface area contributed by atoms with Gasteiger partial charge in [-0.15, -0.1) is 0 Å². The molecule has 4 heterocycles. The number of carbonyl (C=O) groups is 1. The van der Waals surface area contributed by atoms with Crippen LogP contribution in [0, 0.1) is 5.92 Å². The van der Waals surface area contributed by atoms with E-state index < -0.39 is 5.91 Å². The Morgan fingerprint density at radius 1 is 1.23 bits per heavy atom. The summed E-state index contributed by atoms with van der Waals surface area (Å²) < 4.78 is 1.96. The monoisotopic (exact) mass is 421 g/mol. The number of nitrogens with zero attached hydrogens (tertiary/aromatic N) is 5.